The lowest BCUT2D eigenvalue weighted by Crippen LogP contribution is -2.27. The minimum absolute atomic E-state index is 0.549. The van der Waals surface area contributed by atoms with Gasteiger partial charge in [0.05, 0.1) is 0 Å². The Bertz CT molecular complexity index is 493. The zero-order chi connectivity index (χ0) is 12.3. The van der Waals surface area contributed by atoms with Gasteiger partial charge in [0.25, 0.3) is 0 Å². The van der Waals surface area contributed by atoms with Gasteiger partial charge in [0, 0.05) is 22.5 Å². The molecule has 0 bridgehead atoms. The van der Waals surface area contributed by atoms with Crippen LogP contribution in [0, 0.1) is 6.92 Å². The normalized spacial score (nSPS) is 12.5. The van der Waals surface area contributed by atoms with Crippen LogP contribution in [0.5, 0.6) is 0 Å². The SMILES string of the molecule is Cc1csc(C(NCc2cccs2)C(=O)O)n1. The Hall–Kier alpha value is -1.24. The molecule has 2 aromatic rings. The summed E-state index contributed by atoms with van der Waals surface area (Å²) in [5.41, 5.74) is 0.856. The van der Waals surface area contributed by atoms with E-state index in [0.717, 1.165) is 10.6 Å². The van der Waals surface area contributed by atoms with E-state index in [-0.39, 0.29) is 0 Å². The maximum absolute atomic E-state index is 11.2. The van der Waals surface area contributed by atoms with E-state index in [9.17, 15) is 9.90 Å². The van der Waals surface area contributed by atoms with Crippen LogP contribution in [0.4, 0.5) is 0 Å². The second kappa shape index (κ2) is 5.39. The lowest BCUT2D eigenvalue weighted by molar-refractivity contribution is -0.139. The molecule has 0 saturated carbocycles. The molecule has 90 valence electrons. The van der Waals surface area contributed by atoms with Crippen LogP contribution in [-0.2, 0) is 11.3 Å². The van der Waals surface area contributed by atoms with Crippen LogP contribution in [0.15, 0.2) is 22.9 Å². The molecule has 2 N–H and O–H groups in total. The maximum Gasteiger partial charge on any atom is 0.327 e. The Morgan fingerprint density at radius 1 is 1.59 bits per heavy atom. The Kier molecular flexibility index (Phi) is 3.88. The number of thiazole rings is 1. The smallest absolute Gasteiger partial charge is 0.327 e. The number of aromatic nitrogens is 1. The molecule has 0 radical (unpaired) electrons. The van der Waals surface area contributed by atoms with E-state index in [0.29, 0.717) is 11.6 Å². The number of carbonyl (C=O) groups is 1. The van der Waals surface area contributed by atoms with Crippen LogP contribution in [0.3, 0.4) is 0 Å². The van der Waals surface area contributed by atoms with Gasteiger partial charge < -0.3 is 5.11 Å². The number of thiophene rings is 1. The Morgan fingerprint density at radius 2 is 2.41 bits per heavy atom. The molecular weight excluding hydrogens is 256 g/mol. The highest BCUT2D eigenvalue weighted by molar-refractivity contribution is 7.10. The molecule has 17 heavy (non-hydrogen) atoms. The summed E-state index contributed by atoms with van der Waals surface area (Å²) < 4.78 is 0. The van der Waals surface area contributed by atoms with Crippen molar-refractivity contribution >= 4 is 28.6 Å². The van der Waals surface area contributed by atoms with Gasteiger partial charge in [0.1, 0.15) is 5.01 Å². The molecule has 0 aliphatic rings. The summed E-state index contributed by atoms with van der Waals surface area (Å²) in [6, 6.07) is 3.20. The second-order valence-electron chi connectivity index (χ2n) is 3.56. The van der Waals surface area contributed by atoms with Crippen LogP contribution in [-0.4, -0.2) is 16.1 Å². The number of hydrogen-bond acceptors (Lipinski definition) is 5. The van der Waals surface area contributed by atoms with Crippen molar-refractivity contribution in [2.75, 3.05) is 0 Å². The van der Waals surface area contributed by atoms with Gasteiger partial charge in [-0.3, -0.25) is 10.1 Å². The van der Waals surface area contributed by atoms with Crippen molar-refractivity contribution in [3.8, 4) is 0 Å². The van der Waals surface area contributed by atoms with Crippen molar-refractivity contribution in [2.24, 2.45) is 0 Å². The number of nitrogens with one attached hydrogen (secondary N) is 1. The fourth-order valence-corrected chi connectivity index (χ4v) is 2.92. The first-order valence-corrected chi connectivity index (χ1v) is 6.83. The van der Waals surface area contributed by atoms with Gasteiger partial charge >= 0.3 is 5.97 Å². The third kappa shape index (κ3) is 3.12. The monoisotopic (exact) mass is 268 g/mol. The summed E-state index contributed by atoms with van der Waals surface area (Å²) in [7, 11) is 0. The number of hydrogen-bond donors (Lipinski definition) is 2. The highest BCUT2D eigenvalue weighted by atomic mass is 32.1. The summed E-state index contributed by atoms with van der Waals surface area (Å²) >= 11 is 2.98. The molecule has 1 atom stereocenters. The molecule has 0 saturated heterocycles. The number of rotatable bonds is 5. The predicted molar refractivity (Wildman–Crippen MR) is 68.4 cm³/mol. The number of nitrogens with zero attached hydrogens (tertiary/aromatic N) is 1. The van der Waals surface area contributed by atoms with Crippen LogP contribution in [0.2, 0.25) is 0 Å². The fourth-order valence-electron chi connectivity index (χ4n) is 1.40. The van der Waals surface area contributed by atoms with Gasteiger partial charge in [-0.2, -0.15) is 0 Å². The molecule has 0 aliphatic carbocycles. The standard InChI is InChI=1S/C11H12N2O2S2/c1-7-6-17-10(13-7)9(11(14)15)12-5-8-3-2-4-16-8/h2-4,6,9,12H,5H2,1H3,(H,14,15). The molecule has 2 aromatic heterocycles. The third-order valence-electron chi connectivity index (χ3n) is 2.19. The molecule has 2 heterocycles. The van der Waals surface area contributed by atoms with Crippen molar-refractivity contribution in [1.29, 1.82) is 0 Å². The minimum atomic E-state index is -0.893. The first-order valence-electron chi connectivity index (χ1n) is 5.07. The van der Waals surface area contributed by atoms with Crippen molar-refractivity contribution in [3.63, 3.8) is 0 Å². The lowest BCUT2D eigenvalue weighted by atomic mass is 10.3. The summed E-state index contributed by atoms with van der Waals surface area (Å²) in [5, 5.41) is 16.6. The van der Waals surface area contributed by atoms with E-state index in [2.05, 4.69) is 10.3 Å². The van der Waals surface area contributed by atoms with Crippen LogP contribution >= 0.6 is 22.7 Å². The molecule has 6 heteroatoms. The fraction of sp³-hybridized carbons (Fsp3) is 0.273. The van der Waals surface area contributed by atoms with E-state index >= 15 is 0 Å². The quantitative estimate of drug-likeness (QED) is 0.874. The number of carboxylic acids is 1. The average Bonchev–Trinajstić information content (AvgIpc) is 2.90. The van der Waals surface area contributed by atoms with E-state index in [4.69, 9.17) is 0 Å². The van der Waals surface area contributed by atoms with Crippen LogP contribution in [0.1, 0.15) is 21.6 Å². The van der Waals surface area contributed by atoms with Gasteiger partial charge in [-0.05, 0) is 18.4 Å². The maximum atomic E-state index is 11.2. The summed E-state index contributed by atoms with van der Waals surface area (Å²) in [4.78, 5) is 16.5. The predicted octanol–water partition coefficient (Wildman–Crippen LogP) is 2.43. The van der Waals surface area contributed by atoms with Gasteiger partial charge in [-0.25, -0.2) is 4.98 Å². The minimum Gasteiger partial charge on any atom is -0.480 e. The Balaban J connectivity index is 2.05. The van der Waals surface area contributed by atoms with Gasteiger partial charge in [-0.1, -0.05) is 6.07 Å². The van der Waals surface area contributed by atoms with Crippen molar-refractivity contribution < 1.29 is 9.90 Å². The molecule has 0 amide bonds. The van der Waals surface area contributed by atoms with Gasteiger partial charge in [-0.15, -0.1) is 22.7 Å². The van der Waals surface area contributed by atoms with Crippen LogP contribution in [0.25, 0.3) is 0 Å². The van der Waals surface area contributed by atoms with Crippen molar-refractivity contribution in [1.82, 2.24) is 10.3 Å². The van der Waals surface area contributed by atoms with E-state index in [1.54, 1.807) is 11.3 Å². The Labute approximate surface area is 107 Å². The molecule has 2 rings (SSSR count). The highest BCUT2D eigenvalue weighted by Gasteiger charge is 2.22. The molecule has 0 aliphatic heterocycles. The lowest BCUT2D eigenvalue weighted by Gasteiger charge is -2.10. The molecule has 0 spiro atoms. The molecule has 0 fully saturated rings. The largest absolute Gasteiger partial charge is 0.480 e. The second-order valence-corrected chi connectivity index (χ2v) is 5.48. The zero-order valence-electron chi connectivity index (χ0n) is 9.21. The van der Waals surface area contributed by atoms with Crippen molar-refractivity contribution in [3.05, 3.63) is 38.5 Å². The van der Waals surface area contributed by atoms with Gasteiger partial charge in [0.15, 0.2) is 6.04 Å². The number of aliphatic carboxylic acids is 1. The van der Waals surface area contributed by atoms with E-state index in [1.807, 2.05) is 29.8 Å². The average molecular weight is 268 g/mol. The van der Waals surface area contributed by atoms with Crippen molar-refractivity contribution in [2.45, 2.75) is 19.5 Å². The van der Waals surface area contributed by atoms with Gasteiger partial charge in [0.2, 0.25) is 0 Å². The molecule has 1 unspecified atom stereocenters. The molecule has 4 nitrogen and oxygen atoms in total. The molecule has 0 aromatic carbocycles. The topological polar surface area (TPSA) is 62.2 Å². The Morgan fingerprint density at radius 3 is 2.94 bits per heavy atom. The first kappa shape index (κ1) is 12.2. The third-order valence-corrected chi connectivity index (χ3v) is 4.10. The molecular formula is C11H12N2O2S2. The van der Waals surface area contributed by atoms with Crippen LogP contribution < -0.4 is 5.32 Å². The summed E-state index contributed by atoms with van der Waals surface area (Å²) in [6.07, 6.45) is 0. The summed E-state index contributed by atoms with van der Waals surface area (Å²) in [5.74, 6) is -0.893. The number of aryl methyl sites for hydroxylation is 1. The highest BCUT2D eigenvalue weighted by Crippen LogP contribution is 2.19. The van der Waals surface area contributed by atoms with E-state index < -0.39 is 12.0 Å². The van der Waals surface area contributed by atoms with E-state index in [1.165, 1.54) is 11.3 Å². The number of carboxylic acid groups (broad SMARTS) is 1. The first-order chi connectivity index (χ1) is 8.16. The zero-order valence-corrected chi connectivity index (χ0v) is 10.8. The summed E-state index contributed by atoms with van der Waals surface area (Å²) in [6.45, 7) is 2.41.